The smallest absolute Gasteiger partial charge is 0.0420 e. The van der Waals surface area contributed by atoms with Gasteiger partial charge in [0, 0.05) is 15.5 Å². The van der Waals surface area contributed by atoms with Gasteiger partial charge in [-0.3, -0.25) is 0 Å². The van der Waals surface area contributed by atoms with Crippen LogP contribution >= 0.6 is 27.5 Å². The van der Waals surface area contributed by atoms with Gasteiger partial charge in [-0.15, -0.1) is 0 Å². The minimum Gasteiger partial charge on any atom is -0.324 e. The lowest BCUT2D eigenvalue weighted by Crippen LogP contribution is -2.14. The van der Waals surface area contributed by atoms with Crippen LogP contribution in [-0.4, -0.2) is 0 Å². The monoisotopic (exact) mass is 365 g/mol. The third-order valence-corrected chi connectivity index (χ3v) is 4.26. The van der Waals surface area contributed by atoms with E-state index in [0.29, 0.717) is 5.02 Å². The molecule has 2 N–H and O–H groups in total. The number of benzene rings is 2. The van der Waals surface area contributed by atoms with Gasteiger partial charge in [-0.25, -0.2) is 0 Å². The molecule has 1 atom stereocenters. The van der Waals surface area contributed by atoms with E-state index in [1.165, 1.54) is 11.1 Å². The second-order valence-electron chi connectivity index (χ2n) is 6.46. The summed E-state index contributed by atoms with van der Waals surface area (Å²) >= 11 is 9.54. The Morgan fingerprint density at radius 1 is 1.10 bits per heavy atom. The maximum absolute atomic E-state index is 6.31. The van der Waals surface area contributed by atoms with Gasteiger partial charge in [0.2, 0.25) is 0 Å². The average Bonchev–Trinajstić information content (AvgIpc) is 2.37. The van der Waals surface area contributed by atoms with Crippen LogP contribution in [-0.2, 0) is 11.8 Å². The molecule has 0 heterocycles. The molecule has 0 amide bonds. The van der Waals surface area contributed by atoms with Crippen molar-refractivity contribution in [1.29, 1.82) is 0 Å². The van der Waals surface area contributed by atoms with E-state index < -0.39 is 0 Å². The zero-order valence-electron chi connectivity index (χ0n) is 12.7. The number of nitrogens with two attached hydrogens (primary N) is 1. The van der Waals surface area contributed by atoms with E-state index in [0.717, 1.165) is 16.5 Å². The molecular formula is C18H21BrClN. The third-order valence-electron chi connectivity index (χ3n) is 3.59. The maximum atomic E-state index is 6.31. The summed E-state index contributed by atoms with van der Waals surface area (Å²) < 4.78 is 0.962. The van der Waals surface area contributed by atoms with E-state index in [9.17, 15) is 0 Å². The molecule has 0 radical (unpaired) electrons. The van der Waals surface area contributed by atoms with Gasteiger partial charge in [0.1, 0.15) is 0 Å². The predicted octanol–water partition coefficient (Wildman–Crippen LogP) is 5.64. The number of halogens is 2. The molecule has 0 aliphatic heterocycles. The van der Waals surface area contributed by atoms with E-state index in [-0.39, 0.29) is 11.5 Å². The molecule has 1 nitrogen and oxygen atoms in total. The molecular weight excluding hydrogens is 346 g/mol. The molecule has 0 spiro atoms. The highest BCUT2D eigenvalue weighted by molar-refractivity contribution is 9.10. The van der Waals surface area contributed by atoms with Crippen molar-refractivity contribution in [3.05, 3.63) is 68.7 Å². The largest absolute Gasteiger partial charge is 0.324 e. The third kappa shape index (κ3) is 4.57. The van der Waals surface area contributed by atoms with Gasteiger partial charge in [-0.2, -0.15) is 0 Å². The van der Waals surface area contributed by atoms with Crippen LogP contribution < -0.4 is 5.73 Å². The Morgan fingerprint density at radius 2 is 1.71 bits per heavy atom. The van der Waals surface area contributed by atoms with Gasteiger partial charge >= 0.3 is 0 Å². The highest BCUT2D eigenvalue weighted by Gasteiger charge is 2.14. The fraction of sp³-hybridized carbons (Fsp3) is 0.333. The summed E-state index contributed by atoms with van der Waals surface area (Å²) in [4.78, 5) is 0. The molecule has 0 aliphatic carbocycles. The zero-order chi connectivity index (χ0) is 15.6. The summed E-state index contributed by atoms with van der Waals surface area (Å²) in [6, 6.07) is 14.5. The van der Waals surface area contributed by atoms with Crippen LogP contribution in [0.3, 0.4) is 0 Å². The van der Waals surface area contributed by atoms with Gasteiger partial charge in [0.25, 0.3) is 0 Å². The van der Waals surface area contributed by atoms with Gasteiger partial charge in [-0.05, 0) is 46.7 Å². The Hall–Kier alpha value is -0.830. The topological polar surface area (TPSA) is 26.0 Å². The highest BCUT2D eigenvalue weighted by Crippen LogP contribution is 2.26. The summed E-state index contributed by atoms with van der Waals surface area (Å²) in [5.74, 6) is 0. The maximum Gasteiger partial charge on any atom is 0.0420 e. The lowest BCUT2D eigenvalue weighted by molar-refractivity contribution is 0.589. The molecule has 0 saturated heterocycles. The molecule has 0 bridgehead atoms. The Labute approximate surface area is 140 Å². The molecule has 0 aliphatic rings. The predicted molar refractivity (Wildman–Crippen MR) is 94.9 cm³/mol. The fourth-order valence-corrected chi connectivity index (χ4v) is 3.19. The van der Waals surface area contributed by atoms with E-state index in [4.69, 9.17) is 17.3 Å². The molecule has 0 saturated carbocycles. The first-order valence-corrected chi connectivity index (χ1v) is 8.24. The molecule has 2 rings (SSSR count). The van der Waals surface area contributed by atoms with Crippen molar-refractivity contribution in [1.82, 2.24) is 0 Å². The van der Waals surface area contributed by atoms with Crippen molar-refractivity contribution < 1.29 is 0 Å². The minimum absolute atomic E-state index is 0.0551. The Bertz CT molecular complexity index is 594. The molecule has 3 heteroatoms. The van der Waals surface area contributed by atoms with Crippen LogP contribution in [0.4, 0.5) is 0 Å². The van der Waals surface area contributed by atoms with Crippen molar-refractivity contribution in [2.45, 2.75) is 38.6 Å². The van der Waals surface area contributed by atoms with Crippen molar-refractivity contribution in [2.24, 2.45) is 5.73 Å². The SMILES string of the molecule is CC(C)(C)c1ccc(CC(N)c2cc(Cl)cc(Br)c2)cc1. The lowest BCUT2D eigenvalue weighted by atomic mass is 9.86. The molecule has 2 aromatic carbocycles. The standard InChI is InChI=1S/C18H21BrClN/c1-18(2,3)14-6-4-12(5-7-14)8-17(21)13-9-15(19)11-16(20)10-13/h4-7,9-11,17H,8,21H2,1-3H3. The van der Waals surface area contributed by atoms with Gasteiger partial charge in [0.15, 0.2) is 0 Å². The summed E-state index contributed by atoms with van der Waals surface area (Å²) in [7, 11) is 0. The molecule has 1 unspecified atom stereocenters. The normalized spacial score (nSPS) is 13.2. The van der Waals surface area contributed by atoms with Crippen LogP contribution in [0.25, 0.3) is 0 Å². The average molecular weight is 367 g/mol. The van der Waals surface area contributed by atoms with E-state index in [2.05, 4.69) is 61.0 Å². The summed E-state index contributed by atoms with van der Waals surface area (Å²) in [5, 5.41) is 0.706. The molecule has 21 heavy (non-hydrogen) atoms. The van der Waals surface area contributed by atoms with Gasteiger partial charge < -0.3 is 5.73 Å². The van der Waals surface area contributed by atoms with Crippen molar-refractivity contribution in [3.8, 4) is 0 Å². The molecule has 0 aromatic heterocycles. The number of hydrogen-bond acceptors (Lipinski definition) is 1. The van der Waals surface area contributed by atoms with Gasteiger partial charge in [0.05, 0.1) is 0 Å². The number of hydrogen-bond donors (Lipinski definition) is 1. The quantitative estimate of drug-likeness (QED) is 0.747. The lowest BCUT2D eigenvalue weighted by Gasteiger charge is -2.20. The summed E-state index contributed by atoms with van der Waals surface area (Å²) in [6.07, 6.45) is 0.803. The van der Waals surface area contributed by atoms with Crippen LogP contribution in [0.1, 0.15) is 43.5 Å². The van der Waals surface area contributed by atoms with E-state index >= 15 is 0 Å². The van der Waals surface area contributed by atoms with Crippen LogP contribution in [0.2, 0.25) is 5.02 Å². The Balaban J connectivity index is 2.14. The summed E-state index contributed by atoms with van der Waals surface area (Å²) in [5.41, 5.74) is 10.1. The molecule has 2 aromatic rings. The number of rotatable bonds is 3. The van der Waals surface area contributed by atoms with Crippen LogP contribution in [0.15, 0.2) is 46.9 Å². The van der Waals surface area contributed by atoms with Crippen molar-refractivity contribution in [2.75, 3.05) is 0 Å². The van der Waals surface area contributed by atoms with E-state index in [1.54, 1.807) is 0 Å². The van der Waals surface area contributed by atoms with Crippen LogP contribution in [0.5, 0.6) is 0 Å². The molecule has 112 valence electrons. The van der Waals surface area contributed by atoms with Gasteiger partial charge in [-0.1, -0.05) is 72.6 Å². The second-order valence-corrected chi connectivity index (χ2v) is 7.81. The first-order valence-electron chi connectivity index (χ1n) is 7.07. The van der Waals surface area contributed by atoms with Crippen LogP contribution in [0, 0.1) is 0 Å². The van der Waals surface area contributed by atoms with E-state index in [1.807, 2.05) is 18.2 Å². The molecule has 0 fully saturated rings. The van der Waals surface area contributed by atoms with Crippen molar-refractivity contribution in [3.63, 3.8) is 0 Å². The first-order chi connectivity index (χ1) is 9.75. The second kappa shape index (κ2) is 6.51. The Kier molecular flexibility index (Phi) is 5.13. The zero-order valence-corrected chi connectivity index (χ0v) is 15.0. The summed E-state index contributed by atoms with van der Waals surface area (Å²) in [6.45, 7) is 6.66. The van der Waals surface area contributed by atoms with Crippen molar-refractivity contribution >= 4 is 27.5 Å². The fourth-order valence-electron chi connectivity index (χ4n) is 2.30. The highest BCUT2D eigenvalue weighted by atomic mass is 79.9. The minimum atomic E-state index is -0.0551. The Morgan fingerprint density at radius 3 is 2.24 bits per heavy atom. The first kappa shape index (κ1) is 16.5.